The summed E-state index contributed by atoms with van der Waals surface area (Å²) in [6, 6.07) is 17.1. The predicted molar refractivity (Wildman–Crippen MR) is 85.7 cm³/mol. The maximum absolute atomic E-state index is 12.2. The minimum atomic E-state index is -0.191. The molecule has 21 heavy (non-hydrogen) atoms. The molecular formula is C16H12BrN3O. The van der Waals surface area contributed by atoms with Crippen molar-refractivity contribution < 1.29 is 4.79 Å². The normalized spacial score (nSPS) is 10.3. The summed E-state index contributed by atoms with van der Waals surface area (Å²) in [6.07, 6.45) is 3.26. The lowest BCUT2D eigenvalue weighted by Gasteiger charge is -2.05. The van der Waals surface area contributed by atoms with Crippen LogP contribution in [0.15, 0.2) is 71.5 Å². The van der Waals surface area contributed by atoms with Gasteiger partial charge >= 0.3 is 0 Å². The Labute approximate surface area is 130 Å². The monoisotopic (exact) mass is 341 g/mol. The molecule has 104 valence electrons. The molecule has 0 unspecified atom stereocenters. The number of carbonyl (C=O) groups is 1. The second-order valence-corrected chi connectivity index (χ2v) is 5.30. The number of carbonyl (C=O) groups excluding carboxylic acids is 1. The first-order valence-electron chi connectivity index (χ1n) is 6.40. The van der Waals surface area contributed by atoms with Gasteiger partial charge in [-0.3, -0.25) is 4.79 Å². The molecule has 1 amide bonds. The topological polar surface area (TPSA) is 46.9 Å². The fourth-order valence-corrected chi connectivity index (χ4v) is 2.30. The molecule has 0 spiro atoms. The Hall–Kier alpha value is -2.40. The second kappa shape index (κ2) is 5.93. The van der Waals surface area contributed by atoms with Crippen LogP contribution in [0.2, 0.25) is 0 Å². The maximum atomic E-state index is 12.2. The van der Waals surface area contributed by atoms with Crippen molar-refractivity contribution >= 4 is 27.5 Å². The van der Waals surface area contributed by atoms with Gasteiger partial charge in [0.15, 0.2) is 0 Å². The number of anilines is 1. The van der Waals surface area contributed by atoms with Gasteiger partial charge in [0.2, 0.25) is 0 Å². The molecule has 0 atom stereocenters. The Morgan fingerprint density at radius 2 is 1.76 bits per heavy atom. The number of hydrogen-bond acceptors (Lipinski definition) is 2. The largest absolute Gasteiger partial charge is 0.321 e. The molecule has 0 saturated heterocycles. The highest BCUT2D eigenvalue weighted by Crippen LogP contribution is 2.21. The molecular weight excluding hydrogens is 330 g/mol. The van der Waals surface area contributed by atoms with Crippen molar-refractivity contribution in [2.24, 2.45) is 0 Å². The van der Waals surface area contributed by atoms with Crippen molar-refractivity contribution in [3.8, 4) is 5.69 Å². The lowest BCUT2D eigenvalue weighted by atomic mass is 10.3. The molecule has 1 aromatic heterocycles. The van der Waals surface area contributed by atoms with Gasteiger partial charge in [-0.25, -0.2) is 4.68 Å². The van der Waals surface area contributed by atoms with Gasteiger partial charge in [-0.1, -0.05) is 30.3 Å². The van der Waals surface area contributed by atoms with Crippen molar-refractivity contribution in [3.05, 3.63) is 77.0 Å². The molecule has 5 heteroatoms. The van der Waals surface area contributed by atoms with Crippen LogP contribution in [0.1, 0.15) is 10.4 Å². The summed E-state index contributed by atoms with van der Waals surface area (Å²) in [7, 11) is 0. The molecule has 1 N–H and O–H groups in total. The Balaban J connectivity index is 1.80. The van der Waals surface area contributed by atoms with Gasteiger partial charge in [0.25, 0.3) is 5.91 Å². The van der Waals surface area contributed by atoms with Crippen LogP contribution in [0.5, 0.6) is 0 Å². The standard InChI is InChI=1S/C16H12BrN3O/c17-14-8-4-5-9-15(14)19-16(21)12-10-18-20(11-12)13-6-2-1-3-7-13/h1-11H,(H,19,21). The highest BCUT2D eigenvalue weighted by Gasteiger charge is 2.10. The summed E-state index contributed by atoms with van der Waals surface area (Å²) in [5.74, 6) is -0.191. The van der Waals surface area contributed by atoms with Gasteiger partial charge in [-0.2, -0.15) is 5.10 Å². The fourth-order valence-electron chi connectivity index (χ4n) is 1.92. The van der Waals surface area contributed by atoms with Crippen molar-refractivity contribution in [2.75, 3.05) is 5.32 Å². The van der Waals surface area contributed by atoms with E-state index in [9.17, 15) is 4.79 Å². The Morgan fingerprint density at radius 1 is 1.05 bits per heavy atom. The van der Waals surface area contributed by atoms with E-state index < -0.39 is 0 Å². The van der Waals surface area contributed by atoms with Crippen molar-refractivity contribution in [2.45, 2.75) is 0 Å². The fraction of sp³-hybridized carbons (Fsp3) is 0. The van der Waals surface area contributed by atoms with Gasteiger partial charge in [-0.05, 0) is 40.2 Å². The minimum absolute atomic E-state index is 0.191. The van der Waals surface area contributed by atoms with E-state index in [4.69, 9.17) is 0 Å². The van der Waals surface area contributed by atoms with Crippen molar-refractivity contribution in [1.29, 1.82) is 0 Å². The molecule has 3 rings (SSSR count). The Morgan fingerprint density at radius 3 is 2.52 bits per heavy atom. The molecule has 3 aromatic rings. The zero-order valence-corrected chi connectivity index (χ0v) is 12.6. The third kappa shape index (κ3) is 3.03. The van der Waals surface area contributed by atoms with Crippen LogP contribution in [0, 0.1) is 0 Å². The van der Waals surface area contributed by atoms with Gasteiger partial charge < -0.3 is 5.32 Å². The number of nitrogens with one attached hydrogen (secondary N) is 1. The van der Waals surface area contributed by atoms with Crippen LogP contribution in [0.4, 0.5) is 5.69 Å². The molecule has 0 aliphatic heterocycles. The third-order valence-electron chi connectivity index (χ3n) is 2.99. The number of halogens is 1. The van der Waals surface area contributed by atoms with E-state index in [2.05, 4.69) is 26.3 Å². The number of rotatable bonds is 3. The summed E-state index contributed by atoms with van der Waals surface area (Å²) in [5.41, 5.74) is 2.15. The van der Waals surface area contributed by atoms with Crippen molar-refractivity contribution in [1.82, 2.24) is 9.78 Å². The highest BCUT2D eigenvalue weighted by atomic mass is 79.9. The summed E-state index contributed by atoms with van der Waals surface area (Å²) in [6.45, 7) is 0. The molecule has 0 fully saturated rings. The van der Waals surface area contributed by atoms with E-state index >= 15 is 0 Å². The third-order valence-corrected chi connectivity index (χ3v) is 3.68. The molecule has 0 radical (unpaired) electrons. The van der Waals surface area contributed by atoms with Crippen LogP contribution < -0.4 is 5.32 Å². The number of benzene rings is 2. The maximum Gasteiger partial charge on any atom is 0.258 e. The van der Waals surface area contributed by atoms with E-state index in [1.807, 2.05) is 54.6 Å². The lowest BCUT2D eigenvalue weighted by Crippen LogP contribution is -2.11. The van der Waals surface area contributed by atoms with Crippen LogP contribution >= 0.6 is 15.9 Å². The van der Waals surface area contributed by atoms with E-state index in [0.717, 1.165) is 15.8 Å². The SMILES string of the molecule is O=C(Nc1ccccc1Br)c1cnn(-c2ccccc2)c1. The number of nitrogens with zero attached hydrogens (tertiary/aromatic N) is 2. The molecule has 1 heterocycles. The molecule has 4 nitrogen and oxygen atoms in total. The first-order chi connectivity index (χ1) is 10.2. The van der Waals surface area contributed by atoms with Crippen LogP contribution in [0.3, 0.4) is 0 Å². The lowest BCUT2D eigenvalue weighted by molar-refractivity contribution is 0.102. The van der Waals surface area contributed by atoms with E-state index in [1.54, 1.807) is 17.1 Å². The average Bonchev–Trinajstić information content (AvgIpc) is 3.00. The summed E-state index contributed by atoms with van der Waals surface area (Å²) in [4.78, 5) is 12.2. The van der Waals surface area contributed by atoms with Gasteiger partial charge in [0, 0.05) is 10.7 Å². The average molecular weight is 342 g/mol. The quantitative estimate of drug-likeness (QED) is 0.785. The molecule has 0 aliphatic rings. The number of hydrogen-bond donors (Lipinski definition) is 1. The van der Waals surface area contributed by atoms with E-state index in [1.165, 1.54) is 0 Å². The summed E-state index contributed by atoms with van der Waals surface area (Å²) < 4.78 is 2.52. The zero-order valence-electron chi connectivity index (χ0n) is 11.0. The smallest absolute Gasteiger partial charge is 0.258 e. The number of para-hydroxylation sites is 2. The number of aromatic nitrogens is 2. The molecule has 0 saturated carbocycles. The second-order valence-electron chi connectivity index (χ2n) is 4.44. The van der Waals surface area contributed by atoms with E-state index in [0.29, 0.717) is 5.56 Å². The van der Waals surface area contributed by atoms with E-state index in [-0.39, 0.29) is 5.91 Å². The van der Waals surface area contributed by atoms with Gasteiger partial charge in [0.05, 0.1) is 23.1 Å². The van der Waals surface area contributed by atoms with Crippen LogP contribution in [0.25, 0.3) is 5.69 Å². The Kier molecular flexibility index (Phi) is 3.83. The minimum Gasteiger partial charge on any atom is -0.321 e. The first-order valence-corrected chi connectivity index (χ1v) is 7.19. The van der Waals surface area contributed by atoms with Crippen LogP contribution in [-0.2, 0) is 0 Å². The molecule has 2 aromatic carbocycles. The highest BCUT2D eigenvalue weighted by molar-refractivity contribution is 9.10. The van der Waals surface area contributed by atoms with Gasteiger partial charge in [0.1, 0.15) is 0 Å². The Bertz CT molecular complexity index is 768. The molecule has 0 bridgehead atoms. The predicted octanol–water partition coefficient (Wildman–Crippen LogP) is 3.89. The zero-order chi connectivity index (χ0) is 14.7. The first kappa shape index (κ1) is 13.6. The molecule has 0 aliphatic carbocycles. The van der Waals surface area contributed by atoms with Crippen molar-refractivity contribution in [3.63, 3.8) is 0 Å². The van der Waals surface area contributed by atoms with Crippen LogP contribution in [-0.4, -0.2) is 15.7 Å². The summed E-state index contributed by atoms with van der Waals surface area (Å²) in [5, 5.41) is 7.07. The number of amides is 1. The van der Waals surface area contributed by atoms with Gasteiger partial charge in [-0.15, -0.1) is 0 Å². The summed E-state index contributed by atoms with van der Waals surface area (Å²) >= 11 is 3.40.